The molecule has 3 heterocycles. The molecule has 0 bridgehead atoms. The van der Waals surface area contributed by atoms with Gasteiger partial charge >= 0.3 is 0 Å². The summed E-state index contributed by atoms with van der Waals surface area (Å²) in [5.41, 5.74) is 2.67. The molecular formula is C17H27N3O. The Balaban J connectivity index is 1.42. The topological polar surface area (TPSA) is 32.5 Å². The van der Waals surface area contributed by atoms with Gasteiger partial charge in [-0.05, 0) is 64.6 Å². The smallest absolute Gasteiger partial charge is 0.140 e. The van der Waals surface area contributed by atoms with Gasteiger partial charge in [0.2, 0.25) is 0 Å². The second-order valence-electron chi connectivity index (χ2n) is 7.01. The Morgan fingerprint density at radius 3 is 2.76 bits per heavy atom. The van der Waals surface area contributed by atoms with Crippen LogP contribution < -0.4 is 0 Å². The molecule has 1 aliphatic carbocycles. The Labute approximate surface area is 127 Å². The average Bonchev–Trinajstić information content (AvgIpc) is 3.23. The summed E-state index contributed by atoms with van der Waals surface area (Å²) in [4.78, 5) is 5.31. The molecule has 2 fully saturated rings. The zero-order valence-corrected chi connectivity index (χ0v) is 13.0. The van der Waals surface area contributed by atoms with Crippen LogP contribution in [0.3, 0.4) is 0 Å². The van der Waals surface area contributed by atoms with Gasteiger partial charge in [0, 0.05) is 31.1 Å². The summed E-state index contributed by atoms with van der Waals surface area (Å²) in [6, 6.07) is 0.735. The van der Waals surface area contributed by atoms with Crippen LogP contribution in [0, 0.1) is 0 Å². The highest BCUT2D eigenvalue weighted by atomic mass is 16.5. The Morgan fingerprint density at radius 2 is 1.86 bits per heavy atom. The summed E-state index contributed by atoms with van der Waals surface area (Å²) >= 11 is 0. The van der Waals surface area contributed by atoms with Crippen LogP contribution in [0.25, 0.3) is 0 Å². The molecule has 4 rings (SSSR count). The average molecular weight is 289 g/mol. The van der Waals surface area contributed by atoms with E-state index in [1.807, 2.05) is 0 Å². The normalized spacial score (nSPS) is 27.3. The molecule has 0 saturated carbocycles. The number of nitrogens with zero attached hydrogens (tertiary/aromatic N) is 3. The zero-order valence-electron chi connectivity index (χ0n) is 13.0. The number of likely N-dealkylation sites (tertiary alicyclic amines) is 2. The molecule has 21 heavy (non-hydrogen) atoms. The molecule has 1 atom stereocenters. The molecule has 4 heteroatoms. The van der Waals surface area contributed by atoms with Gasteiger partial charge < -0.3 is 9.42 Å². The molecule has 0 radical (unpaired) electrons. The van der Waals surface area contributed by atoms with Gasteiger partial charge in [-0.25, -0.2) is 0 Å². The molecule has 0 N–H and O–H groups in total. The van der Waals surface area contributed by atoms with E-state index < -0.39 is 0 Å². The molecule has 4 nitrogen and oxygen atoms in total. The van der Waals surface area contributed by atoms with E-state index in [2.05, 4.69) is 15.0 Å². The fourth-order valence-electron chi connectivity index (χ4n) is 4.34. The molecule has 2 saturated heterocycles. The van der Waals surface area contributed by atoms with Gasteiger partial charge in [0.05, 0.1) is 0 Å². The van der Waals surface area contributed by atoms with Crippen molar-refractivity contribution in [2.75, 3.05) is 26.2 Å². The number of aromatic nitrogens is 1. The van der Waals surface area contributed by atoms with E-state index in [-0.39, 0.29) is 0 Å². The maximum atomic E-state index is 5.58. The monoisotopic (exact) mass is 289 g/mol. The van der Waals surface area contributed by atoms with Crippen molar-refractivity contribution in [3.63, 3.8) is 0 Å². The van der Waals surface area contributed by atoms with Crippen molar-refractivity contribution in [2.24, 2.45) is 0 Å². The van der Waals surface area contributed by atoms with E-state index in [1.165, 1.54) is 88.1 Å². The lowest BCUT2D eigenvalue weighted by molar-refractivity contribution is 0.181. The van der Waals surface area contributed by atoms with Crippen LogP contribution in [-0.4, -0.2) is 47.2 Å². The third-order valence-electron chi connectivity index (χ3n) is 5.55. The number of hydrogen-bond acceptors (Lipinski definition) is 4. The van der Waals surface area contributed by atoms with Crippen LogP contribution in [0.1, 0.15) is 55.5 Å². The first kappa shape index (κ1) is 13.8. The van der Waals surface area contributed by atoms with Crippen molar-refractivity contribution in [1.29, 1.82) is 0 Å². The fourth-order valence-corrected chi connectivity index (χ4v) is 4.34. The van der Waals surface area contributed by atoms with Crippen molar-refractivity contribution in [3.8, 4) is 0 Å². The Hall–Kier alpha value is -0.870. The van der Waals surface area contributed by atoms with Crippen LogP contribution in [-0.2, 0) is 19.4 Å². The first-order valence-electron chi connectivity index (χ1n) is 8.83. The maximum Gasteiger partial charge on any atom is 0.140 e. The van der Waals surface area contributed by atoms with Crippen molar-refractivity contribution in [3.05, 3.63) is 17.0 Å². The summed E-state index contributed by atoms with van der Waals surface area (Å²) in [6.45, 7) is 6.13. The first-order chi connectivity index (χ1) is 10.4. The maximum absolute atomic E-state index is 5.58. The van der Waals surface area contributed by atoms with Crippen LogP contribution in [0.15, 0.2) is 4.52 Å². The van der Waals surface area contributed by atoms with Crippen LogP contribution >= 0.6 is 0 Å². The van der Waals surface area contributed by atoms with E-state index >= 15 is 0 Å². The van der Waals surface area contributed by atoms with E-state index in [9.17, 15) is 0 Å². The summed E-state index contributed by atoms with van der Waals surface area (Å²) < 4.78 is 5.58. The first-order valence-corrected chi connectivity index (χ1v) is 8.83. The molecular weight excluding hydrogens is 262 g/mol. The van der Waals surface area contributed by atoms with Gasteiger partial charge in [-0.3, -0.25) is 4.90 Å². The molecule has 0 spiro atoms. The Morgan fingerprint density at radius 1 is 1.00 bits per heavy atom. The van der Waals surface area contributed by atoms with Crippen LogP contribution in [0.2, 0.25) is 0 Å². The second-order valence-corrected chi connectivity index (χ2v) is 7.01. The van der Waals surface area contributed by atoms with Crippen LogP contribution in [0.4, 0.5) is 0 Å². The molecule has 3 aliphatic rings. The van der Waals surface area contributed by atoms with Crippen molar-refractivity contribution in [2.45, 2.75) is 64.0 Å². The van der Waals surface area contributed by atoms with Crippen LogP contribution in [0.5, 0.6) is 0 Å². The summed E-state index contributed by atoms with van der Waals surface area (Å²) in [6.07, 6.45) is 10.3. The highest BCUT2D eigenvalue weighted by Crippen LogP contribution is 2.28. The predicted octanol–water partition coefficient (Wildman–Crippen LogP) is 2.61. The Bertz CT molecular complexity index is 478. The van der Waals surface area contributed by atoms with E-state index in [1.54, 1.807) is 0 Å². The number of fused-ring (bicyclic) bond motifs is 1. The highest BCUT2D eigenvalue weighted by Gasteiger charge is 2.29. The SMILES string of the molecule is C1CCc2c(CN3CCCC3CN3CCCC3)noc2C1. The number of hydrogen-bond donors (Lipinski definition) is 0. The minimum Gasteiger partial charge on any atom is -0.361 e. The van der Waals surface area contributed by atoms with Gasteiger partial charge in [-0.1, -0.05) is 5.16 Å². The van der Waals surface area contributed by atoms with E-state index in [0.717, 1.165) is 19.0 Å². The van der Waals surface area contributed by atoms with E-state index in [0.29, 0.717) is 0 Å². The standard InChI is InChI=1S/C17H27N3O/c1-2-8-17-15(7-1)16(18-21-17)13-20-11-5-6-14(20)12-19-9-3-4-10-19/h14H,1-13H2. The second kappa shape index (κ2) is 6.09. The molecule has 1 unspecified atom stereocenters. The largest absolute Gasteiger partial charge is 0.361 e. The summed E-state index contributed by atoms with van der Waals surface area (Å²) in [5.74, 6) is 1.17. The molecule has 116 valence electrons. The third-order valence-corrected chi connectivity index (χ3v) is 5.55. The zero-order chi connectivity index (χ0) is 14.1. The predicted molar refractivity (Wildman–Crippen MR) is 82.3 cm³/mol. The number of aryl methyl sites for hydroxylation is 1. The Kier molecular flexibility index (Phi) is 3.99. The van der Waals surface area contributed by atoms with Gasteiger partial charge in [0.1, 0.15) is 11.5 Å². The molecule has 0 amide bonds. The van der Waals surface area contributed by atoms with Crippen molar-refractivity contribution in [1.82, 2.24) is 15.0 Å². The molecule has 2 aliphatic heterocycles. The third kappa shape index (κ3) is 2.88. The lowest BCUT2D eigenvalue weighted by Crippen LogP contribution is -2.39. The van der Waals surface area contributed by atoms with Gasteiger partial charge in [0.25, 0.3) is 0 Å². The van der Waals surface area contributed by atoms with Gasteiger partial charge in [-0.15, -0.1) is 0 Å². The highest BCUT2D eigenvalue weighted by molar-refractivity contribution is 5.25. The summed E-state index contributed by atoms with van der Waals surface area (Å²) in [7, 11) is 0. The van der Waals surface area contributed by atoms with Gasteiger partial charge in [-0.2, -0.15) is 0 Å². The molecule has 1 aromatic heterocycles. The van der Waals surface area contributed by atoms with Crippen molar-refractivity contribution >= 4 is 0 Å². The number of rotatable bonds is 4. The lowest BCUT2D eigenvalue weighted by Gasteiger charge is -2.28. The molecule has 1 aromatic rings. The van der Waals surface area contributed by atoms with E-state index in [4.69, 9.17) is 4.52 Å². The van der Waals surface area contributed by atoms with Gasteiger partial charge in [0.15, 0.2) is 0 Å². The molecule has 0 aromatic carbocycles. The van der Waals surface area contributed by atoms with Crippen molar-refractivity contribution < 1.29 is 4.52 Å². The fraction of sp³-hybridized carbons (Fsp3) is 0.824. The quantitative estimate of drug-likeness (QED) is 0.853. The minimum absolute atomic E-state index is 0.735. The lowest BCUT2D eigenvalue weighted by atomic mass is 9.96. The summed E-state index contributed by atoms with van der Waals surface area (Å²) in [5, 5.41) is 4.40. The minimum atomic E-state index is 0.735.